The number of rotatable bonds is 5. The van der Waals surface area contributed by atoms with Crippen molar-refractivity contribution in [1.29, 1.82) is 0 Å². The second-order valence-electron chi connectivity index (χ2n) is 6.46. The van der Waals surface area contributed by atoms with Crippen molar-refractivity contribution in [3.63, 3.8) is 0 Å². The van der Waals surface area contributed by atoms with Crippen LogP contribution in [0, 0.1) is 6.92 Å². The zero-order valence-electron chi connectivity index (χ0n) is 15.3. The molecule has 8 heteroatoms. The summed E-state index contributed by atoms with van der Waals surface area (Å²) in [6, 6.07) is 12.5. The third-order valence-electron chi connectivity index (χ3n) is 4.59. The van der Waals surface area contributed by atoms with Crippen LogP contribution in [-0.4, -0.2) is 21.2 Å². The summed E-state index contributed by atoms with van der Waals surface area (Å²) in [5.41, 5.74) is 2.62. The Kier molecular flexibility index (Phi) is 5.41. The number of ketones is 1. The van der Waals surface area contributed by atoms with Gasteiger partial charge in [0.15, 0.2) is 0 Å². The van der Waals surface area contributed by atoms with Crippen LogP contribution in [0.25, 0.3) is 10.2 Å². The van der Waals surface area contributed by atoms with Crippen LogP contribution in [-0.2, 0) is 11.3 Å². The van der Waals surface area contributed by atoms with E-state index in [2.05, 4.69) is 10.3 Å². The average molecular weight is 444 g/mol. The lowest BCUT2D eigenvalue weighted by atomic mass is 10.1. The molecule has 0 aliphatic heterocycles. The summed E-state index contributed by atoms with van der Waals surface area (Å²) in [4.78, 5) is 30.3. The maximum atomic E-state index is 13.0. The van der Waals surface area contributed by atoms with Crippen molar-refractivity contribution in [3.8, 4) is 0 Å². The number of thiophene rings is 1. The highest BCUT2D eigenvalue weighted by Gasteiger charge is 2.26. The van der Waals surface area contributed by atoms with Gasteiger partial charge in [-0.3, -0.25) is 14.6 Å². The molecule has 0 fully saturated rings. The minimum absolute atomic E-state index is 0.365. The van der Waals surface area contributed by atoms with Gasteiger partial charge in [0.2, 0.25) is 0 Å². The van der Waals surface area contributed by atoms with Gasteiger partial charge in [-0.05, 0) is 42.8 Å². The van der Waals surface area contributed by atoms with E-state index in [0.29, 0.717) is 38.2 Å². The number of carbonyl (C=O) groups excluding carboxylic acids is 2. The number of amides is 1. The van der Waals surface area contributed by atoms with Gasteiger partial charge in [-0.1, -0.05) is 35.3 Å². The molecule has 0 aliphatic rings. The first kappa shape index (κ1) is 19.6. The fourth-order valence-electron chi connectivity index (χ4n) is 3.20. The molecule has 3 heterocycles. The lowest BCUT2D eigenvalue weighted by molar-refractivity contribution is -0.112. The number of Topliss-reactive ketones (excluding diaryl/α,β-unsaturated/α-hetero) is 1. The fraction of sp³-hybridized carbons (Fsp3) is 0.0952. The number of hydrogen-bond acceptors (Lipinski definition) is 4. The van der Waals surface area contributed by atoms with Crippen molar-refractivity contribution < 1.29 is 9.59 Å². The van der Waals surface area contributed by atoms with E-state index >= 15 is 0 Å². The summed E-state index contributed by atoms with van der Waals surface area (Å²) in [6.07, 6.45) is 3.09. The number of carbonyl (C=O) groups is 2. The molecule has 0 unspecified atom stereocenters. The molecular formula is C21H15Cl2N3O2S. The average Bonchev–Trinajstić information content (AvgIpc) is 3.19. The Hall–Kier alpha value is -2.67. The largest absolute Gasteiger partial charge is 0.332 e. The molecular weight excluding hydrogens is 429 g/mol. The van der Waals surface area contributed by atoms with Gasteiger partial charge in [0, 0.05) is 40.7 Å². The molecule has 5 nitrogen and oxygen atoms in total. The standard InChI is InChI=1S/C21H15Cl2N3O2S/c1-12-18(19(27)20(28)25-15-6-8-24-9-7-15)16-10-17(23)29-21(16)26(12)11-13-2-4-14(22)5-3-13/h2-10H,11H2,1H3,(H,24,25,28). The predicted octanol–water partition coefficient (Wildman–Crippen LogP) is 5.58. The van der Waals surface area contributed by atoms with E-state index in [4.69, 9.17) is 23.2 Å². The Balaban J connectivity index is 1.72. The molecule has 4 rings (SSSR count). The number of benzene rings is 1. The molecule has 1 aromatic carbocycles. The van der Waals surface area contributed by atoms with Crippen molar-refractivity contribution >= 4 is 62.1 Å². The summed E-state index contributed by atoms with van der Waals surface area (Å²) in [5, 5.41) is 3.96. The van der Waals surface area contributed by atoms with Crippen LogP contribution in [0.4, 0.5) is 5.69 Å². The van der Waals surface area contributed by atoms with Gasteiger partial charge in [0.05, 0.1) is 9.90 Å². The van der Waals surface area contributed by atoms with Crippen molar-refractivity contribution in [1.82, 2.24) is 9.55 Å². The van der Waals surface area contributed by atoms with Crippen molar-refractivity contribution in [2.45, 2.75) is 13.5 Å². The number of anilines is 1. The van der Waals surface area contributed by atoms with E-state index in [1.807, 2.05) is 35.8 Å². The minimum atomic E-state index is -0.702. The number of pyridine rings is 1. The maximum Gasteiger partial charge on any atom is 0.296 e. The lowest BCUT2D eigenvalue weighted by Crippen LogP contribution is -2.23. The summed E-state index contributed by atoms with van der Waals surface area (Å²) in [7, 11) is 0. The van der Waals surface area contributed by atoms with Crippen LogP contribution in [0.5, 0.6) is 0 Å². The van der Waals surface area contributed by atoms with Crippen LogP contribution < -0.4 is 5.32 Å². The van der Waals surface area contributed by atoms with Gasteiger partial charge in [0.25, 0.3) is 11.7 Å². The second-order valence-corrected chi connectivity index (χ2v) is 8.56. The Labute approximate surface area is 180 Å². The van der Waals surface area contributed by atoms with Crippen molar-refractivity contribution in [2.24, 2.45) is 0 Å². The normalized spacial score (nSPS) is 11.0. The molecule has 3 aromatic heterocycles. The van der Waals surface area contributed by atoms with Gasteiger partial charge in [-0.25, -0.2) is 0 Å². The quantitative estimate of drug-likeness (QED) is 0.323. The molecule has 0 atom stereocenters. The zero-order chi connectivity index (χ0) is 20.5. The SMILES string of the molecule is Cc1c(C(=O)C(=O)Nc2ccncc2)c2cc(Cl)sc2n1Cc1ccc(Cl)cc1. The maximum absolute atomic E-state index is 13.0. The molecule has 0 radical (unpaired) electrons. The summed E-state index contributed by atoms with van der Waals surface area (Å²) >= 11 is 13.6. The number of fused-ring (bicyclic) bond motifs is 1. The second kappa shape index (κ2) is 7.99. The Morgan fingerprint density at radius 3 is 2.48 bits per heavy atom. The number of hydrogen-bond donors (Lipinski definition) is 1. The van der Waals surface area contributed by atoms with Gasteiger partial charge < -0.3 is 9.88 Å². The smallest absolute Gasteiger partial charge is 0.296 e. The van der Waals surface area contributed by atoms with Crippen LogP contribution in [0.3, 0.4) is 0 Å². The zero-order valence-corrected chi connectivity index (χ0v) is 17.6. The van der Waals surface area contributed by atoms with E-state index in [0.717, 1.165) is 10.4 Å². The Morgan fingerprint density at radius 1 is 1.10 bits per heavy atom. The number of halogens is 2. The third kappa shape index (κ3) is 3.92. The first-order valence-electron chi connectivity index (χ1n) is 8.72. The molecule has 1 N–H and O–H groups in total. The highest BCUT2D eigenvalue weighted by molar-refractivity contribution is 7.22. The molecule has 146 valence electrons. The van der Waals surface area contributed by atoms with Crippen LogP contribution in [0.2, 0.25) is 9.36 Å². The van der Waals surface area contributed by atoms with Crippen LogP contribution in [0.1, 0.15) is 21.6 Å². The van der Waals surface area contributed by atoms with Crippen molar-refractivity contribution in [3.05, 3.63) is 81.0 Å². The Morgan fingerprint density at radius 2 is 1.79 bits per heavy atom. The summed E-state index contributed by atoms with van der Waals surface area (Å²) in [6.45, 7) is 2.37. The highest BCUT2D eigenvalue weighted by atomic mass is 35.5. The summed E-state index contributed by atoms with van der Waals surface area (Å²) < 4.78 is 2.56. The van der Waals surface area contributed by atoms with Crippen LogP contribution >= 0.6 is 34.5 Å². The summed E-state index contributed by atoms with van der Waals surface area (Å²) in [5.74, 6) is -1.30. The van der Waals surface area contributed by atoms with E-state index in [1.54, 1.807) is 30.6 Å². The topological polar surface area (TPSA) is 64.0 Å². The molecule has 0 aliphatic carbocycles. The molecule has 0 bridgehead atoms. The monoisotopic (exact) mass is 443 g/mol. The molecule has 29 heavy (non-hydrogen) atoms. The van der Waals surface area contributed by atoms with E-state index in [9.17, 15) is 9.59 Å². The van der Waals surface area contributed by atoms with E-state index in [-0.39, 0.29) is 0 Å². The predicted molar refractivity (Wildman–Crippen MR) is 117 cm³/mol. The molecule has 0 saturated heterocycles. The van der Waals surface area contributed by atoms with Crippen molar-refractivity contribution in [2.75, 3.05) is 5.32 Å². The number of nitrogens with zero attached hydrogens (tertiary/aromatic N) is 2. The van der Waals surface area contributed by atoms with Gasteiger partial charge in [-0.15, -0.1) is 11.3 Å². The molecule has 4 aromatic rings. The minimum Gasteiger partial charge on any atom is -0.332 e. The Bertz CT molecular complexity index is 1210. The van der Waals surface area contributed by atoms with E-state index in [1.165, 1.54) is 11.3 Å². The molecule has 1 amide bonds. The first-order chi connectivity index (χ1) is 13.9. The fourth-order valence-corrected chi connectivity index (χ4v) is 4.60. The van der Waals surface area contributed by atoms with Crippen LogP contribution in [0.15, 0.2) is 54.9 Å². The highest BCUT2D eigenvalue weighted by Crippen LogP contribution is 2.36. The number of nitrogens with one attached hydrogen (secondary N) is 1. The molecule has 0 saturated carbocycles. The van der Waals surface area contributed by atoms with E-state index < -0.39 is 11.7 Å². The lowest BCUT2D eigenvalue weighted by Gasteiger charge is -2.09. The molecule has 0 spiro atoms. The number of aromatic nitrogens is 2. The van der Waals surface area contributed by atoms with Gasteiger partial charge in [0.1, 0.15) is 4.83 Å². The van der Waals surface area contributed by atoms with Gasteiger partial charge in [-0.2, -0.15) is 0 Å². The van der Waals surface area contributed by atoms with Gasteiger partial charge >= 0.3 is 0 Å². The third-order valence-corrected chi connectivity index (χ3v) is 6.13. The first-order valence-corrected chi connectivity index (χ1v) is 10.3.